The van der Waals surface area contributed by atoms with Crippen molar-refractivity contribution in [2.45, 2.75) is 102 Å². The predicted molar refractivity (Wildman–Crippen MR) is 205 cm³/mol. The van der Waals surface area contributed by atoms with Crippen molar-refractivity contribution in [1.82, 2.24) is 15.7 Å². The Kier molecular flexibility index (Phi) is 11.8. The van der Waals surface area contributed by atoms with Gasteiger partial charge in [-0.2, -0.15) is 5.06 Å². The van der Waals surface area contributed by atoms with E-state index in [2.05, 4.69) is 10.6 Å². The van der Waals surface area contributed by atoms with Gasteiger partial charge in [-0.25, -0.2) is 0 Å². The third kappa shape index (κ3) is 8.75. The second-order valence-corrected chi connectivity index (χ2v) is 15.9. The zero-order chi connectivity index (χ0) is 40.3. The van der Waals surface area contributed by atoms with Crippen LogP contribution in [0.4, 0.5) is 0 Å². The van der Waals surface area contributed by atoms with Gasteiger partial charge in [-0.1, -0.05) is 66.7 Å². The SMILES string of the molecule is CC(C)(C)OC(=O)CC[C@@H](CO)NC(=O)c1cccc(CNC(=O)[C@@]23C[C@H]4OC(=O)[C@@H]2N(Cc2cccc(C=CCc5ccccc5O)c2)O[C@@H]3[C@H]2OCO[C@H]24)c1. The van der Waals surface area contributed by atoms with Crippen LogP contribution in [0.25, 0.3) is 6.08 Å². The minimum Gasteiger partial charge on any atom is -0.508 e. The van der Waals surface area contributed by atoms with Gasteiger partial charge in [-0.15, -0.1) is 0 Å². The minimum atomic E-state index is -1.36. The number of nitrogens with zero attached hydrogens (tertiary/aromatic N) is 1. The molecule has 0 spiro atoms. The number of ether oxygens (including phenoxy) is 4. The van der Waals surface area contributed by atoms with E-state index in [4.69, 9.17) is 23.8 Å². The molecule has 2 bridgehead atoms. The number of para-hydroxylation sites is 1. The average molecular weight is 784 g/mol. The first kappa shape index (κ1) is 40.1. The van der Waals surface area contributed by atoms with E-state index in [9.17, 15) is 29.4 Å². The summed E-state index contributed by atoms with van der Waals surface area (Å²) < 4.78 is 23.0. The summed E-state index contributed by atoms with van der Waals surface area (Å²) in [5.41, 5.74) is 1.49. The number of phenols is 1. The van der Waals surface area contributed by atoms with Crippen LogP contribution in [0.15, 0.2) is 78.9 Å². The molecule has 4 fully saturated rings. The van der Waals surface area contributed by atoms with Crippen molar-refractivity contribution < 1.29 is 53.2 Å². The molecule has 302 valence electrons. The highest BCUT2D eigenvalue weighted by Gasteiger charge is 2.74. The number of phenolic OH excluding ortho intramolecular Hbond substituents is 1. The zero-order valence-corrected chi connectivity index (χ0v) is 32.2. The first-order valence-electron chi connectivity index (χ1n) is 19.2. The van der Waals surface area contributed by atoms with Crippen molar-refractivity contribution in [1.29, 1.82) is 0 Å². The molecule has 3 aromatic rings. The quantitative estimate of drug-likeness (QED) is 0.174. The molecule has 2 amide bonds. The molecule has 0 unspecified atom stereocenters. The van der Waals surface area contributed by atoms with Gasteiger partial charge in [0.25, 0.3) is 5.91 Å². The summed E-state index contributed by atoms with van der Waals surface area (Å²) in [4.78, 5) is 60.3. The summed E-state index contributed by atoms with van der Waals surface area (Å²) in [5, 5.41) is 27.3. The largest absolute Gasteiger partial charge is 0.508 e. The second kappa shape index (κ2) is 16.8. The molecule has 3 heterocycles. The van der Waals surface area contributed by atoms with Crippen LogP contribution >= 0.6 is 0 Å². The van der Waals surface area contributed by atoms with Crippen LogP contribution in [0.2, 0.25) is 0 Å². The third-order valence-electron chi connectivity index (χ3n) is 10.7. The Balaban J connectivity index is 1.04. The fourth-order valence-corrected chi connectivity index (χ4v) is 8.15. The number of aliphatic hydroxyl groups excluding tert-OH is 1. The number of carbonyl (C=O) groups excluding carboxylic acids is 4. The zero-order valence-electron chi connectivity index (χ0n) is 32.2. The summed E-state index contributed by atoms with van der Waals surface area (Å²) in [5.74, 6) is -1.63. The molecule has 14 nitrogen and oxygen atoms in total. The fourth-order valence-electron chi connectivity index (χ4n) is 8.15. The summed E-state index contributed by atoms with van der Waals surface area (Å²) in [7, 11) is 0. The van der Waals surface area contributed by atoms with Gasteiger partial charge in [0.2, 0.25) is 5.91 Å². The molecule has 3 saturated heterocycles. The molecule has 7 rings (SSSR count). The van der Waals surface area contributed by atoms with Gasteiger partial charge < -0.3 is 39.8 Å². The number of hydrogen-bond donors (Lipinski definition) is 4. The Morgan fingerprint density at radius 3 is 2.58 bits per heavy atom. The molecule has 3 aliphatic heterocycles. The van der Waals surface area contributed by atoms with Crippen LogP contribution in [0.3, 0.4) is 0 Å². The molecule has 3 aromatic carbocycles. The van der Waals surface area contributed by atoms with E-state index >= 15 is 0 Å². The van der Waals surface area contributed by atoms with Crippen LogP contribution in [-0.4, -0.2) is 94.5 Å². The van der Waals surface area contributed by atoms with Gasteiger partial charge >= 0.3 is 11.9 Å². The Labute approximate surface area is 331 Å². The van der Waals surface area contributed by atoms with Gasteiger partial charge in [-0.05, 0) is 74.1 Å². The van der Waals surface area contributed by atoms with Crippen molar-refractivity contribution in [3.05, 3.63) is 107 Å². The number of benzene rings is 3. The van der Waals surface area contributed by atoms with Crippen LogP contribution in [-0.2, 0) is 57.7 Å². The number of hydroxylamine groups is 2. The molecule has 4 N–H and O–H groups in total. The molecule has 57 heavy (non-hydrogen) atoms. The molecule has 0 radical (unpaired) electrons. The number of carbonyl (C=O) groups is 4. The molecule has 1 aliphatic carbocycles. The summed E-state index contributed by atoms with van der Waals surface area (Å²) in [6.07, 6.45) is 2.08. The number of rotatable bonds is 14. The van der Waals surface area contributed by atoms with Gasteiger partial charge in [0.15, 0.2) is 6.04 Å². The van der Waals surface area contributed by atoms with Gasteiger partial charge in [0, 0.05) is 24.9 Å². The van der Waals surface area contributed by atoms with E-state index < -0.39 is 71.3 Å². The Hall–Kier alpha value is -5.12. The van der Waals surface area contributed by atoms with Crippen LogP contribution in [0, 0.1) is 5.41 Å². The van der Waals surface area contributed by atoms with E-state index in [1.807, 2.05) is 48.6 Å². The molecular formula is C43H49N3O11. The van der Waals surface area contributed by atoms with Crippen LogP contribution < -0.4 is 10.6 Å². The minimum absolute atomic E-state index is 0.0201. The lowest BCUT2D eigenvalue weighted by Gasteiger charge is -2.48. The lowest BCUT2D eigenvalue weighted by molar-refractivity contribution is -0.201. The van der Waals surface area contributed by atoms with E-state index in [1.165, 1.54) is 5.06 Å². The molecule has 0 aromatic heterocycles. The smallest absolute Gasteiger partial charge is 0.327 e. The average Bonchev–Trinajstić information content (AvgIpc) is 3.81. The summed E-state index contributed by atoms with van der Waals surface area (Å²) in [6, 6.07) is 19.9. The van der Waals surface area contributed by atoms with E-state index in [1.54, 1.807) is 57.2 Å². The lowest BCUT2D eigenvalue weighted by Crippen LogP contribution is -2.69. The first-order chi connectivity index (χ1) is 27.3. The van der Waals surface area contributed by atoms with E-state index in [0.717, 1.165) is 16.7 Å². The number of nitrogens with one attached hydrogen (secondary N) is 2. The number of amides is 2. The van der Waals surface area contributed by atoms with Crippen molar-refractivity contribution >= 4 is 29.8 Å². The Morgan fingerprint density at radius 2 is 1.79 bits per heavy atom. The first-order valence-corrected chi connectivity index (χ1v) is 19.2. The topological polar surface area (TPSA) is 182 Å². The maximum absolute atomic E-state index is 14.5. The standard InChI is InChI=1S/C43H49N3O11/c1-42(2,3)56-34(49)18-17-31(24-47)45-39(50)30-15-8-11-27(20-30)22-44-41(52)43-21-33-35-36(54-25-53-35)38(43)57-46(37(43)40(51)55-33)23-28-12-6-9-26(19-28)10-7-14-29-13-4-5-16-32(29)48/h4-13,15-16,19-20,31,33,35-38,47-48H,14,17-18,21-25H2,1-3H3,(H,44,52)(H,45,50)/t31-,33+,35-,36-,37-,38+,43-/m0/s1. The summed E-state index contributed by atoms with van der Waals surface area (Å²) in [6.45, 7) is 5.15. The monoisotopic (exact) mass is 783 g/mol. The molecule has 4 aliphatic rings. The predicted octanol–water partition coefficient (Wildman–Crippen LogP) is 3.72. The highest BCUT2D eigenvalue weighted by Crippen LogP contribution is 2.55. The number of allylic oxidation sites excluding steroid dienone is 1. The van der Waals surface area contributed by atoms with Crippen molar-refractivity contribution in [3.63, 3.8) is 0 Å². The van der Waals surface area contributed by atoms with Crippen LogP contribution in [0.5, 0.6) is 5.75 Å². The highest BCUT2D eigenvalue weighted by atomic mass is 16.8. The second-order valence-electron chi connectivity index (χ2n) is 15.9. The number of aromatic hydroxyl groups is 1. The number of esters is 2. The lowest BCUT2D eigenvalue weighted by atomic mass is 9.62. The summed E-state index contributed by atoms with van der Waals surface area (Å²) >= 11 is 0. The third-order valence-corrected chi connectivity index (χ3v) is 10.7. The normalized spacial score (nSPS) is 25.8. The van der Waals surface area contributed by atoms with Gasteiger partial charge in [-0.3, -0.25) is 24.0 Å². The maximum atomic E-state index is 14.5. The van der Waals surface area contributed by atoms with Gasteiger partial charge in [0.1, 0.15) is 48.0 Å². The number of hydrogen-bond acceptors (Lipinski definition) is 12. The molecular weight excluding hydrogens is 734 g/mol. The van der Waals surface area contributed by atoms with Crippen molar-refractivity contribution in [2.75, 3.05) is 13.4 Å². The number of fused-ring (bicyclic) bond motifs is 4. The van der Waals surface area contributed by atoms with Crippen molar-refractivity contribution in [2.24, 2.45) is 5.41 Å². The Morgan fingerprint density at radius 1 is 1.02 bits per heavy atom. The van der Waals surface area contributed by atoms with Gasteiger partial charge in [0.05, 0.1) is 19.2 Å². The maximum Gasteiger partial charge on any atom is 0.327 e. The highest BCUT2D eigenvalue weighted by molar-refractivity contribution is 5.95. The van der Waals surface area contributed by atoms with Crippen LogP contribution in [0.1, 0.15) is 72.6 Å². The molecule has 14 heteroatoms. The van der Waals surface area contributed by atoms with E-state index in [-0.39, 0.29) is 51.5 Å². The Bertz CT molecular complexity index is 2010. The molecule has 1 saturated carbocycles. The number of aliphatic hydroxyl groups is 1. The molecule has 7 atom stereocenters. The fraction of sp³-hybridized carbons (Fsp3) is 0.442. The van der Waals surface area contributed by atoms with Crippen molar-refractivity contribution in [3.8, 4) is 5.75 Å². The van der Waals surface area contributed by atoms with E-state index in [0.29, 0.717) is 17.5 Å².